The number of nitrogens with one attached hydrogen (secondary N) is 2. The molecular weight excluding hydrogens is 298 g/mol. The molecule has 0 aliphatic carbocycles. The smallest absolute Gasteiger partial charge is 0.245 e. The molecule has 5 nitrogen and oxygen atoms in total. The van der Waals surface area contributed by atoms with E-state index in [-0.39, 0.29) is 6.04 Å². The predicted molar refractivity (Wildman–Crippen MR) is 97.5 cm³/mol. The van der Waals surface area contributed by atoms with E-state index in [0.717, 1.165) is 5.69 Å². The Labute approximate surface area is 142 Å². The summed E-state index contributed by atoms with van der Waals surface area (Å²) in [7, 11) is 0. The third-order valence-electron chi connectivity index (χ3n) is 3.94. The van der Waals surface area contributed by atoms with Gasteiger partial charge in [-0.25, -0.2) is 0 Å². The summed E-state index contributed by atoms with van der Waals surface area (Å²) in [6.07, 6.45) is 1.63. The van der Waals surface area contributed by atoms with Gasteiger partial charge in [0.25, 0.3) is 0 Å². The van der Waals surface area contributed by atoms with E-state index in [2.05, 4.69) is 70.9 Å². The summed E-state index contributed by atoms with van der Waals surface area (Å²) < 4.78 is 0. The molecule has 0 fully saturated rings. The third kappa shape index (κ3) is 3.68. The van der Waals surface area contributed by atoms with Crippen molar-refractivity contribution >= 4 is 17.5 Å². The molecule has 1 heterocycles. The Balaban J connectivity index is 1.77. The molecule has 2 N–H and O–H groups in total. The third-order valence-corrected chi connectivity index (χ3v) is 3.94. The highest BCUT2D eigenvalue weighted by Crippen LogP contribution is 2.23. The van der Waals surface area contributed by atoms with Gasteiger partial charge in [-0.1, -0.05) is 48.5 Å². The molecule has 0 saturated carbocycles. The molecule has 0 aliphatic rings. The first-order valence-electron chi connectivity index (χ1n) is 7.98. The van der Waals surface area contributed by atoms with Gasteiger partial charge < -0.3 is 10.6 Å². The van der Waals surface area contributed by atoms with E-state index >= 15 is 0 Å². The second kappa shape index (κ2) is 7.08. The molecule has 24 heavy (non-hydrogen) atoms. The van der Waals surface area contributed by atoms with Crippen molar-refractivity contribution in [3.05, 3.63) is 71.4 Å². The van der Waals surface area contributed by atoms with Gasteiger partial charge in [0.15, 0.2) is 5.82 Å². The van der Waals surface area contributed by atoms with Crippen LogP contribution in [0.25, 0.3) is 0 Å². The van der Waals surface area contributed by atoms with Crippen LogP contribution in [0.5, 0.6) is 0 Å². The predicted octanol–water partition coefficient (Wildman–Crippen LogP) is 4.41. The van der Waals surface area contributed by atoms with Gasteiger partial charge in [-0.15, -0.1) is 5.10 Å². The van der Waals surface area contributed by atoms with Gasteiger partial charge in [-0.3, -0.25) is 0 Å². The molecule has 1 atom stereocenters. The zero-order valence-corrected chi connectivity index (χ0v) is 14.1. The highest BCUT2D eigenvalue weighted by molar-refractivity contribution is 5.64. The second-order valence-electron chi connectivity index (χ2n) is 5.83. The van der Waals surface area contributed by atoms with E-state index in [1.54, 1.807) is 6.20 Å². The van der Waals surface area contributed by atoms with Gasteiger partial charge in [-0.05, 0) is 37.5 Å². The van der Waals surface area contributed by atoms with E-state index in [1.165, 1.54) is 16.7 Å². The first-order valence-corrected chi connectivity index (χ1v) is 7.98. The molecular formula is C19H21N5. The number of aromatic nitrogens is 3. The zero-order chi connectivity index (χ0) is 16.9. The number of hydrogen-bond acceptors (Lipinski definition) is 5. The molecule has 0 radical (unpaired) electrons. The van der Waals surface area contributed by atoms with Gasteiger partial charge in [0.2, 0.25) is 5.95 Å². The molecule has 1 unspecified atom stereocenters. The zero-order valence-electron chi connectivity index (χ0n) is 14.1. The van der Waals surface area contributed by atoms with Crippen molar-refractivity contribution in [1.82, 2.24) is 15.2 Å². The average Bonchev–Trinajstić information content (AvgIpc) is 2.59. The second-order valence-corrected chi connectivity index (χ2v) is 5.83. The topological polar surface area (TPSA) is 62.7 Å². The minimum Gasteiger partial charge on any atom is -0.346 e. The number of rotatable bonds is 5. The molecule has 122 valence electrons. The number of nitrogens with zero attached hydrogens (tertiary/aromatic N) is 3. The minimum absolute atomic E-state index is 0.100. The fraction of sp³-hybridized carbons (Fsp3) is 0.211. The van der Waals surface area contributed by atoms with Crippen LogP contribution in [0, 0.1) is 13.8 Å². The van der Waals surface area contributed by atoms with Crippen LogP contribution in [0.15, 0.2) is 54.7 Å². The Morgan fingerprint density at radius 2 is 1.62 bits per heavy atom. The van der Waals surface area contributed by atoms with Crippen LogP contribution < -0.4 is 10.6 Å². The van der Waals surface area contributed by atoms with Gasteiger partial charge in [0.1, 0.15) is 0 Å². The first kappa shape index (κ1) is 15.9. The van der Waals surface area contributed by atoms with Crippen LogP contribution in [-0.2, 0) is 0 Å². The lowest BCUT2D eigenvalue weighted by Gasteiger charge is -2.15. The largest absolute Gasteiger partial charge is 0.346 e. The SMILES string of the molecule is Cc1cccc(C)c1Nc1cnnc(NC(C)c2ccccc2)n1. The summed E-state index contributed by atoms with van der Waals surface area (Å²) in [4.78, 5) is 4.52. The summed E-state index contributed by atoms with van der Waals surface area (Å²) in [5.41, 5.74) is 4.57. The van der Waals surface area contributed by atoms with E-state index in [4.69, 9.17) is 0 Å². The molecule has 0 aliphatic heterocycles. The molecule has 2 aromatic carbocycles. The number of aryl methyl sites for hydroxylation is 2. The van der Waals surface area contributed by atoms with E-state index in [0.29, 0.717) is 11.8 Å². The van der Waals surface area contributed by atoms with Crippen molar-refractivity contribution in [3.63, 3.8) is 0 Å². The standard InChI is InChI=1S/C19H21N5/c1-13-8-7-9-14(2)18(13)22-17-12-20-24-19(23-17)21-15(3)16-10-5-4-6-11-16/h4-12,15H,1-3H3,(H2,21,22,23,24). The highest BCUT2D eigenvalue weighted by atomic mass is 15.3. The van der Waals surface area contributed by atoms with Crippen LogP contribution in [-0.4, -0.2) is 15.2 Å². The number of para-hydroxylation sites is 1. The maximum Gasteiger partial charge on any atom is 0.245 e. The van der Waals surface area contributed by atoms with Crippen molar-refractivity contribution in [2.24, 2.45) is 0 Å². The lowest BCUT2D eigenvalue weighted by atomic mass is 10.1. The van der Waals surface area contributed by atoms with Crippen molar-refractivity contribution in [2.75, 3.05) is 10.6 Å². The number of anilines is 3. The van der Waals surface area contributed by atoms with E-state index in [1.807, 2.05) is 24.3 Å². The van der Waals surface area contributed by atoms with Crippen LogP contribution in [0.1, 0.15) is 29.7 Å². The lowest BCUT2D eigenvalue weighted by molar-refractivity contribution is 0.841. The first-order chi connectivity index (χ1) is 11.6. The Morgan fingerprint density at radius 3 is 2.33 bits per heavy atom. The molecule has 0 bridgehead atoms. The van der Waals surface area contributed by atoms with Crippen LogP contribution in [0.3, 0.4) is 0 Å². The maximum atomic E-state index is 4.52. The minimum atomic E-state index is 0.100. The van der Waals surface area contributed by atoms with Crippen molar-refractivity contribution in [1.29, 1.82) is 0 Å². The van der Waals surface area contributed by atoms with Gasteiger partial charge in [-0.2, -0.15) is 10.1 Å². The Bertz CT molecular complexity index is 797. The summed E-state index contributed by atoms with van der Waals surface area (Å²) in [5, 5.41) is 14.8. The van der Waals surface area contributed by atoms with E-state index < -0.39 is 0 Å². The highest BCUT2D eigenvalue weighted by Gasteiger charge is 2.09. The van der Waals surface area contributed by atoms with Gasteiger partial charge in [0.05, 0.1) is 12.2 Å². The van der Waals surface area contributed by atoms with Crippen LogP contribution in [0.4, 0.5) is 17.5 Å². The molecule has 5 heteroatoms. The molecule has 1 aromatic heterocycles. The number of hydrogen-bond donors (Lipinski definition) is 2. The summed E-state index contributed by atoms with van der Waals surface area (Å²) in [6, 6.07) is 16.5. The lowest BCUT2D eigenvalue weighted by Crippen LogP contribution is -2.11. The quantitative estimate of drug-likeness (QED) is 0.729. The van der Waals surface area contributed by atoms with E-state index in [9.17, 15) is 0 Å². The molecule has 0 amide bonds. The van der Waals surface area contributed by atoms with Crippen molar-refractivity contribution in [3.8, 4) is 0 Å². The Kier molecular flexibility index (Phi) is 4.70. The summed E-state index contributed by atoms with van der Waals surface area (Å²) in [5.74, 6) is 1.17. The van der Waals surface area contributed by atoms with Crippen molar-refractivity contribution < 1.29 is 0 Å². The molecule has 3 aromatic rings. The monoisotopic (exact) mass is 319 g/mol. The average molecular weight is 319 g/mol. The molecule has 3 rings (SSSR count). The fourth-order valence-corrected chi connectivity index (χ4v) is 2.58. The Morgan fingerprint density at radius 1 is 0.917 bits per heavy atom. The van der Waals surface area contributed by atoms with Crippen LogP contribution >= 0.6 is 0 Å². The Hall–Kier alpha value is -2.95. The molecule has 0 saturated heterocycles. The molecule has 0 spiro atoms. The maximum absolute atomic E-state index is 4.52. The number of benzene rings is 2. The van der Waals surface area contributed by atoms with Crippen molar-refractivity contribution in [2.45, 2.75) is 26.8 Å². The summed E-state index contributed by atoms with van der Waals surface area (Å²) >= 11 is 0. The van der Waals surface area contributed by atoms with Gasteiger partial charge >= 0.3 is 0 Å². The van der Waals surface area contributed by atoms with Gasteiger partial charge in [0, 0.05) is 5.69 Å². The summed E-state index contributed by atoms with van der Waals surface area (Å²) in [6.45, 7) is 6.21. The normalized spacial score (nSPS) is 11.8. The van der Waals surface area contributed by atoms with Crippen LogP contribution in [0.2, 0.25) is 0 Å². The fourth-order valence-electron chi connectivity index (χ4n) is 2.58.